The Hall–Kier alpha value is -1.09. The van der Waals surface area contributed by atoms with E-state index in [1.807, 2.05) is 12.1 Å². The van der Waals surface area contributed by atoms with Gasteiger partial charge in [0.15, 0.2) is 0 Å². The first-order valence-corrected chi connectivity index (χ1v) is 8.03. The molecular weight excluding hydrogens is 251 g/mol. The van der Waals surface area contributed by atoms with Gasteiger partial charge in [0.25, 0.3) is 0 Å². The van der Waals surface area contributed by atoms with Crippen LogP contribution in [0.5, 0.6) is 0 Å². The van der Waals surface area contributed by atoms with E-state index in [1.165, 1.54) is 38.2 Å². The van der Waals surface area contributed by atoms with Crippen LogP contribution in [-0.2, 0) is 0 Å². The van der Waals surface area contributed by atoms with E-state index in [0.29, 0.717) is 11.6 Å². The van der Waals surface area contributed by atoms with Crippen molar-refractivity contribution in [3.05, 3.63) is 29.6 Å². The molecule has 0 aromatic heterocycles. The summed E-state index contributed by atoms with van der Waals surface area (Å²) in [6.07, 6.45) is 9.06. The maximum atomic E-state index is 14.0. The third-order valence-electron chi connectivity index (χ3n) is 5.08. The van der Waals surface area contributed by atoms with Gasteiger partial charge in [-0.1, -0.05) is 25.3 Å². The van der Waals surface area contributed by atoms with Crippen LogP contribution in [0.4, 0.5) is 10.1 Å². The summed E-state index contributed by atoms with van der Waals surface area (Å²) < 4.78 is 14.0. The second-order valence-electron chi connectivity index (χ2n) is 6.38. The molecular formula is C17H25FN2. The highest BCUT2D eigenvalue weighted by molar-refractivity contribution is 5.41. The zero-order valence-electron chi connectivity index (χ0n) is 12.2. The van der Waals surface area contributed by atoms with Gasteiger partial charge in [0.1, 0.15) is 5.82 Å². The Morgan fingerprint density at radius 3 is 2.35 bits per heavy atom. The number of piperidine rings is 1. The van der Waals surface area contributed by atoms with E-state index in [1.54, 1.807) is 0 Å². The maximum Gasteiger partial charge on any atom is 0.128 e. The van der Waals surface area contributed by atoms with Crippen LogP contribution in [-0.4, -0.2) is 24.0 Å². The molecule has 1 saturated carbocycles. The largest absolute Gasteiger partial charge is 0.399 e. The summed E-state index contributed by atoms with van der Waals surface area (Å²) in [5.41, 5.74) is 7.01. The first kappa shape index (κ1) is 13.9. The molecule has 1 saturated heterocycles. The van der Waals surface area contributed by atoms with E-state index in [9.17, 15) is 4.39 Å². The highest BCUT2D eigenvalue weighted by Gasteiger charge is 2.27. The predicted octanol–water partition coefficient (Wildman–Crippen LogP) is 3.92. The van der Waals surface area contributed by atoms with Crippen LogP contribution in [0.15, 0.2) is 18.2 Å². The third-order valence-corrected chi connectivity index (χ3v) is 5.08. The van der Waals surface area contributed by atoms with E-state index in [4.69, 9.17) is 5.73 Å². The Bertz CT molecular complexity index is 446. The minimum Gasteiger partial charge on any atom is -0.399 e. The van der Waals surface area contributed by atoms with Crippen molar-refractivity contribution in [1.29, 1.82) is 0 Å². The fourth-order valence-corrected chi connectivity index (χ4v) is 3.90. The van der Waals surface area contributed by atoms with Gasteiger partial charge in [0.05, 0.1) is 0 Å². The molecule has 1 aliphatic heterocycles. The van der Waals surface area contributed by atoms with Gasteiger partial charge in [-0.2, -0.15) is 0 Å². The van der Waals surface area contributed by atoms with Crippen molar-refractivity contribution in [3.8, 4) is 0 Å². The third kappa shape index (κ3) is 2.98. The lowest BCUT2D eigenvalue weighted by Crippen LogP contribution is -2.42. The van der Waals surface area contributed by atoms with Gasteiger partial charge in [-0.05, 0) is 62.4 Å². The number of rotatable bonds is 2. The highest BCUT2D eigenvalue weighted by Crippen LogP contribution is 2.33. The number of anilines is 1. The van der Waals surface area contributed by atoms with Gasteiger partial charge in [0, 0.05) is 11.7 Å². The van der Waals surface area contributed by atoms with Crippen molar-refractivity contribution in [2.24, 2.45) is 0 Å². The maximum absolute atomic E-state index is 14.0. The average molecular weight is 276 g/mol. The molecule has 0 radical (unpaired) electrons. The molecule has 0 amide bonds. The smallest absolute Gasteiger partial charge is 0.128 e. The monoisotopic (exact) mass is 276 g/mol. The van der Waals surface area contributed by atoms with Crippen LogP contribution < -0.4 is 5.73 Å². The van der Waals surface area contributed by atoms with Gasteiger partial charge in [0.2, 0.25) is 0 Å². The predicted molar refractivity (Wildman–Crippen MR) is 81.2 cm³/mol. The lowest BCUT2D eigenvalue weighted by molar-refractivity contribution is 0.121. The lowest BCUT2D eigenvalue weighted by Gasteiger charge is -2.39. The molecule has 1 aliphatic carbocycles. The molecule has 110 valence electrons. The Kier molecular flexibility index (Phi) is 4.25. The molecule has 1 heterocycles. The van der Waals surface area contributed by atoms with Crippen molar-refractivity contribution in [2.75, 3.05) is 18.8 Å². The number of hydrogen-bond acceptors (Lipinski definition) is 2. The van der Waals surface area contributed by atoms with E-state index in [0.717, 1.165) is 37.5 Å². The van der Waals surface area contributed by atoms with Gasteiger partial charge < -0.3 is 10.6 Å². The second kappa shape index (κ2) is 6.13. The highest BCUT2D eigenvalue weighted by atomic mass is 19.1. The number of nitrogens with two attached hydrogens (primary N) is 1. The molecule has 3 rings (SSSR count). The summed E-state index contributed by atoms with van der Waals surface area (Å²) in [5, 5.41) is 0. The van der Waals surface area contributed by atoms with Crippen LogP contribution >= 0.6 is 0 Å². The molecule has 2 aliphatic rings. The van der Waals surface area contributed by atoms with Crippen molar-refractivity contribution in [2.45, 2.75) is 56.9 Å². The van der Waals surface area contributed by atoms with Crippen molar-refractivity contribution in [3.63, 3.8) is 0 Å². The molecule has 0 bridgehead atoms. The zero-order valence-corrected chi connectivity index (χ0v) is 12.2. The molecule has 0 unspecified atom stereocenters. The molecule has 20 heavy (non-hydrogen) atoms. The summed E-state index contributed by atoms with van der Waals surface area (Å²) in [6, 6.07) is 5.96. The van der Waals surface area contributed by atoms with E-state index in [-0.39, 0.29) is 5.82 Å². The SMILES string of the molecule is Nc1ccc(C2CCN(C3CCCCC3)CC2)c(F)c1. The summed E-state index contributed by atoms with van der Waals surface area (Å²) in [7, 11) is 0. The Morgan fingerprint density at radius 1 is 1.00 bits per heavy atom. The number of benzene rings is 1. The Balaban J connectivity index is 1.60. The van der Waals surface area contributed by atoms with Gasteiger partial charge in [-0.15, -0.1) is 0 Å². The fraction of sp³-hybridized carbons (Fsp3) is 0.647. The van der Waals surface area contributed by atoms with Crippen LogP contribution in [0, 0.1) is 5.82 Å². The second-order valence-corrected chi connectivity index (χ2v) is 6.38. The molecule has 2 fully saturated rings. The zero-order chi connectivity index (χ0) is 13.9. The normalized spacial score (nSPS) is 23.1. The average Bonchev–Trinajstić information content (AvgIpc) is 2.48. The van der Waals surface area contributed by atoms with E-state index < -0.39 is 0 Å². The number of halogens is 1. The summed E-state index contributed by atoms with van der Waals surface area (Å²) in [4.78, 5) is 2.64. The first-order valence-electron chi connectivity index (χ1n) is 8.03. The van der Waals surface area contributed by atoms with Crippen molar-refractivity contribution >= 4 is 5.69 Å². The molecule has 0 atom stereocenters. The minimum atomic E-state index is -0.124. The Labute approximate surface area is 121 Å². The summed E-state index contributed by atoms with van der Waals surface area (Å²) >= 11 is 0. The summed E-state index contributed by atoms with van der Waals surface area (Å²) in [6.45, 7) is 2.25. The molecule has 2 nitrogen and oxygen atoms in total. The molecule has 0 spiro atoms. The number of nitrogen functional groups attached to an aromatic ring is 1. The fourth-order valence-electron chi connectivity index (χ4n) is 3.90. The van der Waals surface area contributed by atoms with Crippen molar-refractivity contribution in [1.82, 2.24) is 4.90 Å². The number of hydrogen-bond donors (Lipinski definition) is 1. The standard InChI is InChI=1S/C17H25FN2/c18-17-12-14(19)6-7-16(17)13-8-10-20(11-9-13)15-4-2-1-3-5-15/h6-7,12-13,15H,1-5,8-11,19H2. The van der Waals surface area contributed by atoms with E-state index in [2.05, 4.69) is 4.90 Å². The van der Waals surface area contributed by atoms with Crippen LogP contribution in [0.1, 0.15) is 56.4 Å². The minimum absolute atomic E-state index is 0.124. The number of nitrogens with zero attached hydrogens (tertiary/aromatic N) is 1. The lowest BCUT2D eigenvalue weighted by atomic mass is 9.86. The van der Waals surface area contributed by atoms with Gasteiger partial charge in [-0.25, -0.2) is 4.39 Å². The van der Waals surface area contributed by atoms with Gasteiger partial charge >= 0.3 is 0 Å². The topological polar surface area (TPSA) is 29.3 Å². The van der Waals surface area contributed by atoms with Crippen LogP contribution in [0.2, 0.25) is 0 Å². The van der Waals surface area contributed by atoms with Crippen LogP contribution in [0.25, 0.3) is 0 Å². The molecule has 3 heteroatoms. The first-order chi connectivity index (χ1) is 9.74. The molecule has 1 aromatic rings. The quantitative estimate of drug-likeness (QED) is 0.830. The Morgan fingerprint density at radius 2 is 1.70 bits per heavy atom. The molecule has 2 N–H and O–H groups in total. The number of likely N-dealkylation sites (tertiary alicyclic amines) is 1. The molecule has 1 aromatic carbocycles. The van der Waals surface area contributed by atoms with Gasteiger partial charge in [-0.3, -0.25) is 0 Å². The van der Waals surface area contributed by atoms with Crippen LogP contribution in [0.3, 0.4) is 0 Å². The summed E-state index contributed by atoms with van der Waals surface area (Å²) in [5.74, 6) is 0.247. The van der Waals surface area contributed by atoms with E-state index >= 15 is 0 Å². The van der Waals surface area contributed by atoms with Crippen molar-refractivity contribution < 1.29 is 4.39 Å².